The number of benzene rings is 3. The topological polar surface area (TPSA) is 90.5 Å². The van der Waals surface area contributed by atoms with Crippen molar-refractivity contribution in [3.8, 4) is 0 Å². The summed E-state index contributed by atoms with van der Waals surface area (Å²) in [5, 5.41) is 7.74. The fraction of sp³-hybridized carbons (Fsp3) is 0.160. The van der Waals surface area contributed by atoms with E-state index in [4.69, 9.17) is 0 Å². The fourth-order valence-electron chi connectivity index (χ4n) is 3.61. The van der Waals surface area contributed by atoms with E-state index in [1.165, 1.54) is 12.1 Å². The van der Waals surface area contributed by atoms with Crippen LogP contribution in [-0.4, -0.2) is 30.9 Å². The Balaban J connectivity index is 1.24. The Labute approximate surface area is 190 Å². The summed E-state index contributed by atoms with van der Waals surface area (Å²) in [5.74, 6) is -0.838. The van der Waals surface area contributed by atoms with E-state index in [2.05, 4.69) is 16.0 Å². The van der Waals surface area contributed by atoms with Crippen molar-refractivity contribution in [2.75, 3.05) is 23.3 Å². The van der Waals surface area contributed by atoms with Crippen molar-refractivity contribution in [1.29, 1.82) is 0 Å². The predicted molar refractivity (Wildman–Crippen MR) is 124 cm³/mol. The lowest BCUT2D eigenvalue weighted by molar-refractivity contribution is -0.115. The summed E-state index contributed by atoms with van der Waals surface area (Å²) in [6, 6.07) is 19.7. The molecule has 0 aliphatic carbocycles. The van der Waals surface area contributed by atoms with Crippen LogP contribution in [0, 0.1) is 5.82 Å². The van der Waals surface area contributed by atoms with E-state index in [1.807, 2.05) is 24.3 Å². The number of nitrogens with zero attached hydrogens (tertiary/aromatic N) is 1. The number of urea groups is 1. The first-order valence-electron chi connectivity index (χ1n) is 10.6. The highest BCUT2D eigenvalue weighted by Gasteiger charge is 2.25. The summed E-state index contributed by atoms with van der Waals surface area (Å²) in [4.78, 5) is 38.6. The molecule has 33 heavy (non-hydrogen) atoms. The van der Waals surface area contributed by atoms with Crippen LogP contribution in [0.2, 0.25) is 0 Å². The van der Waals surface area contributed by atoms with Crippen LogP contribution in [0.3, 0.4) is 0 Å². The Bertz CT molecular complexity index is 1160. The molecule has 3 aromatic carbocycles. The second-order valence-corrected chi connectivity index (χ2v) is 7.62. The van der Waals surface area contributed by atoms with Crippen LogP contribution in [0.4, 0.5) is 20.6 Å². The van der Waals surface area contributed by atoms with Crippen molar-refractivity contribution >= 4 is 29.2 Å². The van der Waals surface area contributed by atoms with Gasteiger partial charge in [0.05, 0.1) is 6.54 Å². The van der Waals surface area contributed by atoms with E-state index in [0.717, 1.165) is 23.2 Å². The first-order chi connectivity index (χ1) is 16.0. The average Bonchev–Trinajstić information content (AvgIpc) is 3.27. The molecule has 7 nitrogen and oxygen atoms in total. The summed E-state index contributed by atoms with van der Waals surface area (Å²) in [5.41, 5.74) is 3.88. The SMILES string of the molecule is O=C(CNC(=O)NCc1ccc(F)cc1)Nc1ccc(C(=O)N2CCc3ccccc32)cc1. The summed E-state index contributed by atoms with van der Waals surface area (Å²) in [6.07, 6.45) is 0.834. The predicted octanol–water partition coefficient (Wildman–Crippen LogP) is 3.47. The molecule has 0 aromatic heterocycles. The lowest BCUT2D eigenvalue weighted by Gasteiger charge is -2.17. The molecule has 0 fully saturated rings. The van der Waals surface area contributed by atoms with Gasteiger partial charge >= 0.3 is 6.03 Å². The van der Waals surface area contributed by atoms with Crippen LogP contribution in [0.25, 0.3) is 0 Å². The quantitative estimate of drug-likeness (QED) is 0.542. The first kappa shape index (κ1) is 22.0. The van der Waals surface area contributed by atoms with Gasteiger partial charge in [0.25, 0.3) is 5.91 Å². The van der Waals surface area contributed by atoms with Gasteiger partial charge in [-0.05, 0) is 60.0 Å². The molecule has 3 N–H and O–H groups in total. The van der Waals surface area contributed by atoms with Gasteiger partial charge in [0.2, 0.25) is 5.91 Å². The highest BCUT2D eigenvalue weighted by Crippen LogP contribution is 2.29. The number of rotatable bonds is 6. The zero-order chi connectivity index (χ0) is 23.2. The number of nitrogens with one attached hydrogen (secondary N) is 3. The number of anilines is 2. The number of hydrogen-bond donors (Lipinski definition) is 3. The van der Waals surface area contributed by atoms with Crippen LogP contribution < -0.4 is 20.9 Å². The van der Waals surface area contributed by atoms with Gasteiger partial charge in [-0.3, -0.25) is 9.59 Å². The minimum absolute atomic E-state index is 0.0858. The maximum atomic E-state index is 12.9. The Morgan fingerprint density at radius 1 is 0.879 bits per heavy atom. The number of halogens is 1. The molecule has 0 saturated heterocycles. The van der Waals surface area contributed by atoms with Gasteiger partial charge in [0.15, 0.2) is 0 Å². The zero-order valence-corrected chi connectivity index (χ0v) is 17.8. The third kappa shape index (κ3) is 5.54. The largest absolute Gasteiger partial charge is 0.334 e. The van der Waals surface area contributed by atoms with Gasteiger partial charge in [-0.2, -0.15) is 0 Å². The molecule has 0 bridgehead atoms. The van der Waals surface area contributed by atoms with Crippen molar-refractivity contribution in [3.63, 3.8) is 0 Å². The molecule has 8 heteroatoms. The molecule has 1 heterocycles. The fourth-order valence-corrected chi connectivity index (χ4v) is 3.61. The van der Waals surface area contributed by atoms with Crippen molar-refractivity contribution < 1.29 is 18.8 Å². The first-order valence-corrected chi connectivity index (χ1v) is 10.6. The normalized spacial score (nSPS) is 12.1. The number of carbonyl (C=O) groups excluding carboxylic acids is 3. The maximum absolute atomic E-state index is 12.9. The number of para-hydroxylation sites is 1. The van der Waals surface area contributed by atoms with E-state index >= 15 is 0 Å². The van der Waals surface area contributed by atoms with Gasteiger partial charge in [-0.1, -0.05) is 30.3 Å². The van der Waals surface area contributed by atoms with Crippen LogP contribution in [0.1, 0.15) is 21.5 Å². The molecule has 0 radical (unpaired) electrons. The zero-order valence-electron chi connectivity index (χ0n) is 17.8. The summed E-state index contributed by atoms with van der Waals surface area (Å²) in [6.45, 7) is 0.636. The minimum Gasteiger partial charge on any atom is -0.334 e. The molecule has 4 rings (SSSR count). The van der Waals surface area contributed by atoms with E-state index in [-0.39, 0.29) is 24.8 Å². The van der Waals surface area contributed by atoms with Crippen molar-refractivity contribution in [2.24, 2.45) is 0 Å². The molecule has 4 amide bonds. The second kappa shape index (κ2) is 9.95. The summed E-state index contributed by atoms with van der Waals surface area (Å²) >= 11 is 0. The number of amides is 4. The highest BCUT2D eigenvalue weighted by atomic mass is 19.1. The molecular weight excluding hydrogens is 423 g/mol. The van der Waals surface area contributed by atoms with Crippen LogP contribution >= 0.6 is 0 Å². The molecule has 0 unspecified atom stereocenters. The lowest BCUT2D eigenvalue weighted by Crippen LogP contribution is -2.39. The lowest BCUT2D eigenvalue weighted by atomic mass is 10.1. The van der Waals surface area contributed by atoms with Gasteiger partial charge in [0.1, 0.15) is 5.82 Å². The molecule has 0 saturated carbocycles. The smallest absolute Gasteiger partial charge is 0.315 e. The van der Waals surface area contributed by atoms with Gasteiger partial charge < -0.3 is 20.9 Å². The van der Waals surface area contributed by atoms with Crippen LogP contribution in [0.5, 0.6) is 0 Å². The molecule has 0 spiro atoms. The number of carbonyl (C=O) groups is 3. The average molecular weight is 446 g/mol. The monoisotopic (exact) mass is 446 g/mol. The van der Waals surface area contributed by atoms with Crippen molar-refractivity contribution in [1.82, 2.24) is 10.6 Å². The van der Waals surface area contributed by atoms with Crippen molar-refractivity contribution in [3.05, 3.63) is 95.3 Å². The standard InChI is InChI=1S/C25H23FN4O3/c26-20-9-5-17(6-10-20)15-27-25(33)28-16-23(31)29-21-11-7-19(8-12-21)24(32)30-14-13-18-3-1-2-4-22(18)30/h1-12H,13-16H2,(H,29,31)(H2,27,28,33). The third-order valence-corrected chi connectivity index (χ3v) is 5.32. The Morgan fingerprint density at radius 2 is 1.61 bits per heavy atom. The van der Waals surface area contributed by atoms with E-state index in [0.29, 0.717) is 17.8 Å². The number of hydrogen-bond acceptors (Lipinski definition) is 3. The highest BCUT2D eigenvalue weighted by molar-refractivity contribution is 6.07. The minimum atomic E-state index is -0.513. The van der Waals surface area contributed by atoms with Gasteiger partial charge in [-0.15, -0.1) is 0 Å². The molecule has 3 aromatic rings. The Hall–Kier alpha value is -4.20. The molecule has 168 valence electrons. The van der Waals surface area contributed by atoms with E-state index < -0.39 is 11.9 Å². The van der Waals surface area contributed by atoms with Crippen LogP contribution in [0.15, 0.2) is 72.8 Å². The Kier molecular flexibility index (Phi) is 6.64. The summed E-state index contributed by atoms with van der Waals surface area (Å²) < 4.78 is 12.9. The number of fused-ring (bicyclic) bond motifs is 1. The summed E-state index contributed by atoms with van der Waals surface area (Å²) in [7, 11) is 0. The van der Waals surface area contributed by atoms with Gasteiger partial charge in [0, 0.05) is 30.0 Å². The molecule has 1 aliphatic heterocycles. The Morgan fingerprint density at radius 3 is 2.36 bits per heavy atom. The maximum Gasteiger partial charge on any atom is 0.315 e. The second-order valence-electron chi connectivity index (χ2n) is 7.62. The van der Waals surface area contributed by atoms with E-state index in [1.54, 1.807) is 41.3 Å². The van der Waals surface area contributed by atoms with Gasteiger partial charge in [-0.25, -0.2) is 9.18 Å². The molecule has 1 aliphatic rings. The molecular formula is C25H23FN4O3. The molecule has 0 atom stereocenters. The third-order valence-electron chi connectivity index (χ3n) is 5.32. The van der Waals surface area contributed by atoms with Crippen LogP contribution in [-0.2, 0) is 17.8 Å². The van der Waals surface area contributed by atoms with Crippen molar-refractivity contribution in [2.45, 2.75) is 13.0 Å². The van der Waals surface area contributed by atoms with E-state index in [9.17, 15) is 18.8 Å².